The van der Waals surface area contributed by atoms with Crippen molar-refractivity contribution in [2.45, 2.75) is 13.5 Å². The Kier molecular flexibility index (Phi) is 2.10. The highest BCUT2D eigenvalue weighted by Gasteiger charge is 2.10. The monoisotopic (exact) mass is 165 g/mol. The molecule has 0 radical (unpaired) electrons. The molecule has 0 aliphatic rings. The van der Waals surface area contributed by atoms with Gasteiger partial charge in [-0.05, 0) is 6.92 Å². The molecule has 5 heteroatoms. The first-order valence-corrected chi connectivity index (χ1v) is 3.40. The summed E-state index contributed by atoms with van der Waals surface area (Å²) in [5.41, 5.74) is 0.184. The normalized spacial score (nSPS) is 9.33. The Hall–Kier alpha value is -1.83. The molecular weight excluding hydrogens is 158 g/mol. The Morgan fingerprint density at radius 3 is 2.92 bits per heavy atom. The van der Waals surface area contributed by atoms with E-state index in [1.54, 1.807) is 6.92 Å². The predicted molar refractivity (Wildman–Crippen MR) is 39.6 cm³/mol. The lowest BCUT2D eigenvalue weighted by molar-refractivity contribution is 0.0689. The molecule has 1 N–H and O–H groups in total. The molecule has 1 aromatic rings. The summed E-state index contributed by atoms with van der Waals surface area (Å²) >= 11 is 0. The molecule has 62 valence electrons. The summed E-state index contributed by atoms with van der Waals surface area (Å²) in [5.74, 6) is -1.11. The highest BCUT2D eigenvalue weighted by atomic mass is 16.4. The van der Waals surface area contributed by atoms with Gasteiger partial charge in [0, 0.05) is 12.6 Å². The van der Waals surface area contributed by atoms with Gasteiger partial charge in [0.1, 0.15) is 11.8 Å². The van der Waals surface area contributed by atoms with Crippen molar-refractivity contribution < 1.29 is 9.90 Å². The van der Waals surface area contributed by atoms with Gasteiger partial charge in [0.25, 0.3) is 0 Å². The molecule has 0 bridgehead atoms. The number of carboxylic acids is 1. The van der Waals surface area contributed by atoms with Gasteiger partial charge in [0.05, 0.1) is 0 Å². The Morgan fingerprint density at radius 2 is 2.58 bits per heavy atom. The molecule has 0 aromatic carbocycles. The van der Waals surface area contributed by atoms with Crippen LogP contribution in [0.15, 0.2) is 6.07 Å². The van der Waals surface area contributed by atoms with Crippen molar-refractivity contribution in [3.8, 4) is 6.07 Å². The first-order valence-electron chi connectivity index (χ1n) is 3.40. The SMILES string of the molecule is CCn1nc(C(=O)O)cc1C#N. The highest BCUT2D eigenvalue weighted by Crippen LogP contribution is 2.02. The van der Waals surface area contributed by atoms with Crippen molar-refractivity contribution in [1.29, 1.82) is 5.26 Å². The van der Waals surface area contributed by atoms with Crippen LogP contribution >= 0.6 is 0 Å². The standard InChI is InChI=1S/C7H7N3O2/c1-2-10-5(4-8)3-6(9-10)7(11)12/h3H,2H2,1H3,(H,11,12). The van der Waals surface area contributed by atoms with Crippen LogP contribution in [0.25, 0.3) is 0 Å². The number of carboxylic acid groups (broad SMARTS) is 1. The zero-order valence-corrected chi connectivity index (χ0v) is 6.48. The van der Waals surface area contributed by atoms with Crippen molar-refractivity contribution in [2.75, 3.05) is 0 Å². The molecule has 1 heterocycles. The number of aromatic carboxylic acids is 1. The molecule has 1 aromatic heterocycles. The maximum absolute atomic E-state index is 10.4. The van der Waals surface area contributed by atoms with Crippen LogP contribution in [0.1, 0.15) is 23.1 Å². The van der Waals surface area contributed by atoms with Crippen molar-refractivity contribution in [3.05, 3.63) is 17.5 Å². The summed E-state index contributed by atoms with van der Waals surface area (Å²) < 4.78 is 1.35. The fourth-order valence-corrected chi connectivity index (χ4v) is 0.852. The fourth-order valence-electron chi connectivity index (χ4n) is 0.852. The van der Waals surface area contributed by atoms with Crippen LogP contribution in [0.5, 0.6) is 0 Å². The first kappa shape index (κ1) is 8.27. The average Bonchev–Trinajstić information content (AvgIpc) is 2.46. The second kappa shape index (κ2) is 3.05. The number of carbonyl (C=O) groups is 1. The third-order valence-electron chi connectivity index (χ3n) is 1.41. The van der Waals surface area contributed by atoms with Crippen molar-refractivity contribution >= 4 is 5.97 Å². The highest BCUT2D eigenvalue weighted by molar-refractivity contribution is 5.85. The van der Waals surface area contributed by atoms with Crippen LogP contribution in [-0.2, 0) is 6.54 Å². The molecule has 0 saturated heterocycles. The van der Waals surface area contributed by atoms with Gasteiger partial charge in [-0.3, -0.25) is 4.68 Å². The number of aryl methyl sites for hydroxylation is 1. The molecule has 0 fully saturated rings. The van der Waals surface area contributed by atoms with Crippen LogP contribution in [0, 0.1) is 11.3 Å². The number of nitriles is 1. The third-order valence-corrected chi connectivity index (χ3v) is 1.41. The maximum Gasteiger partial charge on any atom is 0.356 e. The molecule has 0 aliphatic carbocycles. The molecule has 0 spiro atoms. The van der Waals surface area contributed by atoms with E-state index in [1.165, 1.54) is 10.7 Å². The van der Waals surface area contributed by atoms with E-state index in [0.717, 1.165) is 0 Å². The number of aromatic nitrogens is 2. The minimum absolute atomic E-state index is 0.0894. The van der Waals surface area contributed by atoms with Crippen LogP contribution < -0.4 is 0 Å². The van der Waals surface area contributed by atoms with Gasteiger partial charge >= 0.3 is 5.97 Å². The van der Waals surface area contributed by atoms with Crippen molar-refractivity contribution in [3.63, 3.8) is 0 Å². The van der Waals surface area contributed by atoms with Gasteiger partial charge in [0.2, 0.25) is 0 Å². The maximum atomic E-state index is 10.4. The predicted octanol–water partition coefficient (Wildman–Crippen LogP) is 0.473. The van der Waals surface area contributed by atoms with E-state index < -0.39 is 5.97 Å². The van der Waals surface area contributed by atoms with Crippen LogP contribution in [0.2, 0.25) is 0 Å². The lowest BCUT2D eigenvalue weighted by atomic mass is 10.4. The van der Waals surface area contributed by atoms with E-state index in [-0.39, 0.29) is 11.4 Å². The van der Waals surface area contributed by atoms with Crippen LogP contribution in [0.3, 0.4) is 0 Å². The van der Waals surface area contributed by atoms with Gasteiger partial charge in [0.15, 0.2) is 5.69 Å². The van der Waals surface area contributed by atoms with Crippen molar-refractivity contribution in [2.24, 2.45) is 0 Å². The lowest BCUT2D eigenvalue weighted by Gasteiger charge is -1.93. The summed E-state index contributed by atoms with van der Waals surface area (Å²) in [4.78, 5) is 10.4. The molecule has 5 nitrogen and oxygen atoms in total. The molecule has 0 amide bonds. The van der Waals surface area contributed by atoms with Crippen LogP contribution in [-0.4, -0.2) is 20.9 Å². The minimum Gasteiger partial charge on any atom is -0.476 e. The van der Waals surface area contributed by atoms with E-state index >= 15 is 0 Å². The van der Waals surface area contributed by atoms with Gasteiger partial charge in [-0.1, -0.05) is 0 Å². The third kappa shape index (κ3) is 1.27. The number of rotatable bonds is 2. The van der Waals surface area contributed by atoms with Crippen LogP contribution in [0.4, 0.5) is 0 Å². The molecule has 0 atom stereocenters. The summed E-state index contributed by atoms with van der Waals surface area (Å²) in [7, 11) is 0. The Morgan fingerprint density at radius 1 is 1.92 bits per heavy atom. The second-order valence-corrected chi connectivity index (χ2v) is 2.15. The Bertz CT molecular complexity index is 348. The van der Waals surface area contributed by atoms with Gasteiger partial charge in [-0.2, -0.15) is 10.4 Å². The summed E-state index contributed by atoms with van der Waals surface area (Å²) in [5, 5.41) is 20.8. The number of hydrogen-bond acceptors (Lipinski definition) is 3. The fraction of sp³-hybridized carbons (Fsp3) is 0.286. The second-order valence-electron chi connectivity index (χ2n) is 2.15. The van der Waals surface area contributed by atoms with Crippen molar-refractivity contribution in [1.82, 2.24) is 9.78 Å². The van der Waals surface area contributed by atoms with E-state index in [0.29, 0.717) is 6.54 Å². The van der Waals surface area contributed by atoms with E-state index in [1.807, 2.05) is 6.07 Å². The van der Waals surface area contributed by atoms with Gasteiger partial charge in [-0.25, -0.2) is 4.79 Å². The number of hydrogen-bond donors (Lipinski definition) is 1. The summed E-state index contributed by atoms with van der Waals surface area (Å²) in [6.45, 7) is 2.29. The Labute approximate surface area is 68.8 Å². The molecule has 0 unspecified atom stereocenters. The average molecular weight is 165 g/mol. The van der Waals surface area contributed by atoms with Gasteiger partial charge < -0.3 is 5.11 Å². The van der Waals surface area contributed by atoms with E-state index in [4.69, 9.17) is 10.4 Å². The smallest absolute Gasteiger partial charge is 0.356 e. The largest absolute Gasteiger partial charge is 0.476 e. The van der Waals surface area contributed by atoms with E-state index in [9.17, 15) is 4.79 Å². The zero-order chi connectivity index (χ0) is 9.14. The first-order chi connectivity index (χ1) is 5.69. The summed E-state index contributed by atoms with van der Waals surface area (Å²) in [6, 6.07) is 3.11. The van der Waals surface area contributed by atoms with Gasteiger partial charge in [-0.15, -0.1) is 0 Å². The molecule has 12 heavy (non-hydrogen) atoms. The number of nitrogens with zero attached hydrogens (tertiary/aromatic N) is 3. The molecule has 0 saturated carbocycles. The van der Waals surface area contributed by atoms with E-state index in [2.05, 4.69) is 5.10 Å². The lowest BCUT2D eigenvalue weighted by Crippen LogP contribution is -2.02. The zero-order valence-electron chi connectivity index (χ0n) is 6.48. The quantitative estimate of drug-likeness (QED) is 0.690. The molecule has 1 rings (SSSR count). The molecular formula is C7H7N3O2. The Balaban J connectivity index is 3.16. The molecule has 0 aliphatic heterocycles. The topological polar surface area (TPSA) is 78.9 Å². The minimum atomic E-state index is -1.11. The summed E-state index contributed by atoms with van der Waals surface area (Å²) in [6.07, 6.45) is 0.